The first-order chi connectivity index (χ1) is 11.1. The van der Waals surface area contributed by atoms with Gasteiger partial charge in [0.25, 0.3) is 0 Å². The topological polar surface area (TPSA) is 47.6 Å². The van der Waals surface area contributed by atoms with Crippen molar-refractivity contribution in [2.45, 2.75) is 58.1 Å². The van der Waals surface area contributed by atoms with Crippen molar-refractivity contribution < 1.29 is 14.3 Å². The summed E-state index contributed by atoms with van der Waals surface area (Å²) in [7, 11) is 1.62. The molecule has 0 saturated heterocycles. The zero-order chi connectivity index (χ0) is 16.7. The number of hydrogen-bond acceptors (Lipinski definition) is 3. The third-order valence-corrected chi connectivity index (χ3v) is 3.93. The predicted octanol–water partition coefficient (Wildman–Crippen LogP) is 3.94. The molecule has 1 fully saturated rings. The van der Waals surface area contributed by atoms with Gasteiger partial charge in [-0.15, -0.1) is 0 Å². The largest absolute Gasteiger partial charge is 0.493 e. The molecule has 0 unspecified atom stereocenters. The number of ether oxygens (including phenoxy) is 2. The first-order valence-electron chi connectivity index (χ1n) is 8.41. The first kappa shape index (κ1) is 17.4. The number of amides is 1. The van der Waals surface area contributed by atoms with Crippen LogP contribution in [0.1, 0.15) is 51.5 Å². The zero-order valence-electron chi connectivity index (χ0n) is 14.3. The lowest BCUT2D eigenvalue weighted by atomic mass is 9.95. The maximum Gasteiger partial charge on any atom is 0.244 e. The van der Waals surface area contributed by atoms with Gasteiger partial charge in [-0.1, -0.05) is 25.3 Å². The molecular formula is C19H27NO3. The summed E-state index contributed by atoms with van der Waals surface area (Å²) in [6, 6.07) is 6.00. The molecule has 1 N–H and O–H groups in total. The zero-order valence-corrected chi connectivity index (χ0v) is 14.3. The van der Waals surface area contributed by atoms with Crippen LogP contribution in [0.25, 0.3) is 6.08 Å². The molecule has 4 nitrogen and oxygen atoms in total. The predicted molar refractivity (Wildman–Crippen MR) is 92.8 cm³/mol. The van der Waals surface area contributed by atoms with Crippen LogP contribution in [0.2, 0.25) is 0 Å². The number of rotatable bonds is 6. The van der Waals surface area contributed by atoms with Crippen LogP contribution in [0.5, 0.6) is 11.5 Å². The highest BCUT2D eigenvalue weighted by atomic mass is 16.5. The first-order valence-corrected chi connectivity index (χ1v) is 8.41. The second-order valence-electron chi connectivity index (χ2n) is 6.25. The van der Waals surface area contributed by atoms with Crippen LogP contribution in [0.4, 0.5) is 0 Å². The maximum atomic E-state index is 12.0. The van der Waals surface area contributed by atoms with Crippen LogP contribution < -0.4 is 14.8 Å². The summed E-state index contributed by atoms with van der Waals surface area (Å²) in [6.07, 6.45) is 9.38. The van der Waals surface area contributed by atoms with E-state index >= 15 is 0 Å². The van der Waals surface area contributed by atoms with Gasteiger partial charge in [-0.2, -0.15) is 0 Å². The van der Waals surface area contributed by atoms with Crippen molar-refractivity contribution in [3.63, 3.8) is 0 Å². The van der Waals surface area contributed by atoms with Gasteiger partial charge in [0.05, 0.1) is 13.2 Å². The minimum absolute atomic E-state index is 0.0293. The van der Waals surface area contributed by atoms with Crippen LogP contribution >= 0.6 is 0 Å². The summed E-state index contributed by atoms with van der Waals surface area (Å²) in [5, 5.41) is 3.07. The average molecular weight is 317 g/mol. The van der Waals surface area contributed by atoms with Crippen molar-refractivity contribution >= 4 is 12.0 Å². The summed E-state index contributed by atoms with van der Waals surface area (Å²) < 4.78 is 11.0. The van der Waals surface area contributed by atoms with Crippen molar-refractivity contribution in [3.8, 4) is 11.5 Å². The van der Waals surface area contributed by atoms with Crippen molar-refractivity contribution in [1.82, 2.24) is 5.32 Å². The van der Waals surface area contributed by atoms with Crippen molar-refractivity contribution in [2.75, 3.05) is 7.11 Å². The van der Waals surface area contributed by atoms with E-state index in [1.807, 2.05) is 32.0 Å². The van der Waals surface area contributed by atoms with E-state index in [1.54, 1.807) is 19.3 Å². The fourth-order valence-corrected chi connectivity index (χ4v) is 2.81. The van der Waals surface area contributed by atoms with Crippen LogP contribution in [0, 0.1) is 0 Å². The molecule has 1 aromatic carbocycles. The van der Waals surface area contributed by atoms with Gasteiger partial charge < -0.3 is 14.8 Å². The van der Waals surface area contributed by atoms with Crippen LogP contribution in [-0.4, -0.2) is 25.2 Å². The van der Waals surface area contributed by atoms with E-state index in [4.69, 9.17) is 9.47 Å². The Morgan fingerprint density at radius 1 is 1.22 bits per heavy atom. The molecule has 0 aliphatic heterocycles. The maximum absolute atomic E-state index is 12.0. The van der Waals surface area contributed by atoms with Gasteiger partial charge in [0.1, 0.15) is 0 Å². The van der Waals surface area contributed by atoms with Gasteiger partial charge >= 0.3 is 0 Å². The van der Waals surface area contributed by atoms with Crippen molar-refractivity contribution in [3.05, 3.63) is 29.8 Å². The number of carbonyl (C=O) groups is 1. The van der Waals surface area contributed by atoms with Crippen LogP contribution in [0.3, 0.4) is 0 Å². The molecule has 0 heterocycles. The smallest absolute Gasteiger partial charge is 0.244 e. The van der Waals surface area contributed by atoms with Gasteiger partial charge in [-0.05, 0) is 50.5 Å². The lowest BCUT2D eigenvalue weighted by Gasteiger charge is -2.21. The van der Waals surface area contributed by atoms with Gasteiger partial charge in [-0.3, -0.25) is 4.79 Å². The molecule has 2 rings (SSSR count). The second kappa shape index (κ2) is 8.61. The third-order valence-electron chi connectivity index (χ3n) is 3.93. The molecule has 23 heavy (non-hydrogen) atoms. The number of nitrogens with one attached hydrogen (secondary N) is 1. The Bertz CT molecular complexity index is 546. The summed E-state index contributed by atoms with van der Waals surface area (Å²) in [5.41, 5.74) is 0.914. The Kier molecular flexibility index (Phi) is 6.51. The molecule has 126 valence electrons. The SMILES string of the molecule is COc1cc(/C=C/C(=O)NC2CCCCC2)ccc1OC(C)C. The lowest BCUT2D eigenvalue weighted by Crippen LogP contribution is -2.34. The second-order valence-corrected chi connectivity index (χ2v) is 6.25. The quantitative estimate of drug-likeness (QED) is 0.808. The molecule has 0 spiro atoms. The summed E-state index contributed by atoms with van der Waals surface area (Å²) >= 11 is 0. The molecule has 1 aromatic rings. The molecule has 4 heteroatoms. The minimum Gasteiger partial charge on any atom is -0.493 e. The van der Waals surface area contributed by atoms with Crippen molar-refractivity contribution in [2.24, 2.45) is 0 Å². The highest BCUT2D eigenvalue weighted by Gasteiger charge is 2.14. The molecule has 1 saturated carbocycles. The van der Waals surface area contributed by atoms with E-state index in [1.165, 1.54) is 19.3 Å². The van der Waals surface area contributed by atoms with E-state index in [0.29, 0.717) is 17.5 Å². The molecule has 0 atom stereocenters. The lowest BCUT2D eigenvalue weighted by molar-refractivity contribution is -0.117. The van der Waals surface area contributed by atoms with Gasteiger partial charge in [0, 0.05) is 12.1 Å². The summed E-state index contributed by atoms with van der Waals surface area (Å²) in [6.45, 7) is 3.95. The number of carbonyl (C=O) groups excluding carboxylic acids is 1. The molecule has 0 radical (unpaired) electrons. The number of hydrogen-bond donors (Lipinski definition) is 1. The molecule has 1 aliphatic carbocycles. The Morgan fingerprint density at radius 2 is 1.96 bits per heavy atom. The van der Waals surface area contributed by atoms with Crippen LogP contribution in [-0.2, 0) is 4.79 Å². The standard InChI is InChI=1S/C19H27NO3/c1-14(2)23-17-11-9-15(13-18(17)22-3)10-12-19(21)20-16-7-5-4-6-8-16/h9-14,16H,4-8H2,1-3H3,(H,20,21)/b12-10+. The third kappa shape index (κ3) is 5.62. The van der Waals surface area contributed by atoms with Gasteiger partial charge in [0.15, 0.2) is 11.5 Å². The Balaban J connectivity index is 1.96. The molecular weight excluding hydrogens is 290 g/mol. The van der Waals surface area contributed by atoms with Crippen LogP contribution in [0.15, 0.2) is 24.3 Å². The Labute approximate surface area is 138 Å². The highest BCUT2D eigenvalue weighted by molar-refractivity contribution is 5.92. The van der Waals surface area contributed by atoms with E-state index in [-0.39, 0.29) is 12.0 Å². The minimum atomic E-state index is -0.0293. The normalized spacial score (nSPS) is 15.8. The number of methoxy groups -OCH3 is 1. The molecule has 1 amide bonds. The average Bonchev–Trinajstić information content (AvgIpc) is 2.54. The van der Waals surface area contributed by atoms with Crippen molar-refractivity contribution in [1.29, 1.82) is 0 Å². The van der Waals surface area contributed by atoms with E-state index in [9.17, 15) is 4.79 Å². The molecule has 0 aromatic heterocycles. The number of benzene rings is 1. The Morgan fingerprint density at radius 3 is 2.61 bits per heavy atom. The van der Waals surface area contributed by atoms with E-state index < -0.39 is 0 Å². The van der Waals surface area contributed by atoms with E-state index in [0.717, 1.165) is 18.4 Å². The Hall–Kier alpha value is -1.97. The summed E-state index contributed by atoms with van der Waals surface area (Å²) in [5.74, 6) is 1.36. The monoisotopic (exact) mass is 317 g/mol. The molecule has 0 bridgehead atoms. The van der Waals surface area contributed by atoms with E-state index in [2.05, 4.69) is 5.32 Å². The summed E-state index contributed by atoms with van der Waals surface area (Å²) in [4.78, 5) is 12.0. The van der Waals surface area contributed by atoms with Gasteiger partial charge in [0.2, 0.25) is 5.91 Å². The molecule has 1 aliphatic rings. The fourth-order valence-electron chi connectivity index (χ4n) is 2.81. The highest BCUT2D eigenvalue weighted by Crippen LogP contribution is 2.29. The fraction of sp³-hybridized carbons (Fsp3) is 0.526. The van der Waals surface area contributed by atoms with Gasteiger partial charge in [-0.25, -0.2) is 0 Å².